The van der Waals surface area contributed by atoms with E-state index in [1.165, 1.54) is 12.1 Å². The lowest BCUT2D eigenvalue weighted by Gasteiger charge is -2.36. The van der Waals surface area contributed by atoms with E-state index in [9.17, 15) is 14.0 Å². The van der Waals surface area contributed by atoms with Crippen LogP contribution in [0.4, 0.5) is 15.8 Å². The lowest BCUT2D eigenvalue weighted by molar-refractivity contribution is -0.126. The van der Waals surface area contributed by atoms with Crippen LogP contribution < -0.4 is 10.2 Å². The van der Waals surface area contributed by atoms with Crippen LogP contribution in [0.3, 0.4) is 0 Å². The summed E-state index contributed by atoms with van der Waals surface area (Å²) in [6, 6.07) is 20.3. The van der Waals surface area contributed by atoms with E-state index in [-0.39, 0.29) is 17.0 Å². The van der Waals surface area contributed by atoms with Gasteiger partial charge in [-0.3, -0.25) is 9.59 Å². The van der Waals surface area contributed by atoms with Crippen LogP contribution in [0, 0.1) is 17.1 Å². The third kappa shape index (κ3) is 5.86. The molecule has 0 aliphatic carbocycles. The van der Waals surface area contributed by atoms with E-state index in [1.54, 1.807) is 29.2 Å². The third-order valence-electron chi connectivity index (χ3n) is 5.70. The summed E-state index contributed by atoms with van der Waals surface area (Å²) in [4.78, 5) is 28.8. The van der Waals surface area contributed by atoms with Crippen molar-refractivity contribution in [3.05, 3.63) is 100 Å². The molecule has 3 aromatic carbocycles. The molecule has 1 aliphatic rings. The zero-order valence-corrected chi connectivity index (χ0v) is 19.5. The van der Waals surface area contributed by atoms with Gasteiger partial charge in [0.2, 0.25) is 5.91 Å². The quantitative estimate of drug-likeness (QED) is 0.515. The van der Waals surface area contributed by atoms with E-state index in [4.69, 9.17) is 16.9 Å². The topological polar surface area (TPSA) is 76.4 Å². The number of piperazine rings is 1. The van der Waals surface area contributed by atoms with Crippen LogP contribution in [0.5, 0.6) is 0 Å². The second-order valence-corrected chi connectivity index (χ2v) is 8.39. The van der Waals surface area contributed by atoms with Crippen molar-refractivity contribution in [1.82, 2.24) is 4.90 Å². The molecule has 8 heteroatoms. The molecule has 2 amide bonds. The maximum Gasteiger partial charge on any atom is 0.258 e. The van der Waals surface area contributed by atoms with Gasteiger partial charge in [-0.15, -0.1) is 0 Å². The highest BCUT2D eigenvalue weighted by molar-refractivity contribution is 6.33. The number of hydrogen-bond acceptors (Lipinski definition) is 4. The minimum Gasteiger partial charge on any atom is -0.367 e. The molecule has 0 saturated carbocycles. The average molecular weight is 489 g/mol. The van der Waals surface area contributed by atoms with Crippen molar-refractivity contribution in [3.63, 3.8) is 0 Å². The number of carbonyl (C=O) groups excluding carboxylic acids is 2. The second kappa shape index (κ2) is 10.9. The number of amides is 2. The molecule has 1 N–H and O–H groups in total. The molecule has 35 heavy (non-hydrogen) atoms. The number of nitriles is 1. The zero-order chi connectivity index (χ0) is 24.8. The number of halogens is 2. The number of rotatable bonds is 5. The molecule has 1 heterocycles. The van der Waals surface area contributed by atoms with Gasteiger partial charge in [-0.2, -0.15) is 5.26 Å². The van der Waals surface area contributed by atoms with E-state index in [0.717, 1.165) is 17.3 Å². The standard InChI is InChI=1S/C27H22ClFN4O2/c28-23-17-21(31-27(35)22-9-6-20(18-30)16-24(22)29)8-10-25(23)32-12-14-33(15-13-32)26(34)11-7-19-4-2-1-3-5-19/h1-11,16-17H,12-15H2,(H,31,35)/b11-7+. The molecule has 0 radical (unpaired) electrons. The lowest BCUT2D eigenvalue weighted by atomic mass is 10.1. The van der Waals surface area contributed by atoms with Crippen molar-refractivity contribution in [1.29, 1.82) is 5.26 Å². The van der Waals surface area contributed by atoms with Crippen LogP contribution >= 0.6 is 11.6 Å². The molecular weight excluding hydrogens is 467 g/mol. The Labute approximate surface area is 207 Å². The van der Waals surface area contributed by atoms with Crippen molar-refractivity contribution < 1.29 is 14.0 Å². The molecule has 6 nitrogen and oxygen atoms in total. The lowest BCUT2D eigenvalue weighted by Crippen LogP contribution is -2.48. The fourth-order valence-electron chi connectivity index (χ4n) is 3.81. The molecular formula is C27H22ClFN4O2. The van der Waals surface area contributed by atoms with Gasteiger partial charge in [0.05, 0.1) is 27.9 Å². The Morgan fingerprint density at radius 1 is 1.00 bits per heavy atom. The summed E-state index contributed by atoms with van der Waals surface area (Å²) in [5.41, 5.74) is 2.17. The predicted molar refractivity (Wildman–Crippen MR) is 135 cm³/mol. The normalized spacial score (nSPS) is 13.5. The summed E-state index contributed by atoms with van der Waals surface area (Å²) in [5.74, 6) is -1.44. The molecule has 0 atom stereocenters. The monoisotopic (exact) mass is 488 g/mol. The summed E-state index contributed by atoms with van der Waals surface area (Å²) >= 11 is 6.48. The number of nitrogens with zero attached hydrogens (tertiary/aromatic N) is 3. The molecule has 1 fully saturated rings. The van der Waals surface area contributed by atoms with Gasteiger partial charge in [0.1, 0.15) is 5.82 Å². The van der Waals surface area contributed by atoms with Gasteiger partial charge < -0.3 is 15.1 Å². The fourth-order valence-corrected chi connectivity index (χ4v) is 4.11. The Morgan fingerprint density at radius 3 is 2.40 bits per heavy atom. The smallest absolute Gasteiger partial charge is 0.258 e. The largest absolute Gasteiger partial charge is 0.367 e. The van der Waals surface area contributed by atoms with Gasteiger partial charge in [0.25, 0.3) is 5.91 Å². The first-order valence-electron chi connectivity index (χ1n) is 11.0. The van der Waals surface area contributed by atoms with E-state index in [0.29, 0.717) is 36.9 Å². The Bertz CT molecular complexity index is 1310. The molecule has 176 valence electrons. The van der Waals surface area contributed by atoms with E-state index >= 15 is 0 Å². The highest BCUT2D eigenvalue weighted by atomic mass is 35.5. The minimum atomic E-state index is -0.768. The zero-order valence-electron chi connectivity index (χ0n) is 18.7. The van der Waals surface area contributed by atoms with E-state index in [1.807, 2.05) is 42.5 Å². The maximum atomic E-state index is 14.1. The van der Waals surface area contributed by atoms with Gasteiger partial charge in [-0.1, -0.05) is 41.9 Å². The van der Waals surface area contributed by atoms with Crippen LogP contribution in [-0.4, -0.2) is 42.9 Å². The second-order valence-electron chi connectivity index (χ2n) is 7.98. The molecule has 4 rings (SSSR count). The summed E-state index contributed by atoms with van der Waals surface area (Å²) in [5, 5.41) is 11.9. The van der Waals surface area contributed by atoms with Gasteiger partial charge in [-0.05, 0) is 48.0 Å². The Balaban J connectivity index is 1.35. The summed E-state index contributed by atoms with van der Waals surface area (Å²) in [6.45, 7) is 2.36. The van der Waals surface area contributed by atoms with Crippen LogP contribution in [0.25, 0.3) is 6.08 Å². The average Bonchev–Trinajstić information content (AvgIpc) is 2.88. The molecule has 1 aliphatic heterocycles. The molecule has 3 aromatic rings. The number of hydrogen-bond donors (Lipinski definition) is 1. The number of nitrogens with one attached hydrogen (secondary N) is 1. The Kier molecular flexibility index (Phi) is 7.44. The van der Waals surface area contributed by atoms with Crippen molar-refractivity contribution in [2.24, 2.45) is 0 Å². The Morgan fingerprint density at radius 2 is 1.74 bits per heavy atom. The highest BCUT2D eigenvalue weighted by Gasteiger charge is 2.22. The number of anilines is 2. The fraction of sp³-hybridized carbons (Fsp3) is 0.148. The number of carbonyl (C=O) groups is 2. The van der Waals surface area contributed by atoms with Crippen molar-refractivity contribution >= 4 is 40.9 Å². The molecule has 0 aromatic heterocycles. The first-order valence-corrected chi connectivity index (χ1v) is 11.4. The summed E-state index contributed by atoms with van der Waals surface area (Å²) in [6.07, 6.45) is 3.40. The van der Waals surface area contributed by atoms with Crippen LogP contribution in [-0.2, 0) is 4.79 Å². The van der Waals surface area contributed by atoms with Crippen molar-refractivity contribution in [2.75, 3.05) is 36.4 Å². The predicted octanol–water partition coefficient (Wildman–Crippen LogP) is 4.97. The molecule has 0 unspecified atom stereocenters. The highest BCUT2D eigenvalue weighted by Crippen LogP contribution is 2.30. The first-order chi connectivity index (χ1) is 16.9. The van der Waals surface area contributed by atoms with Crippen LogP contribution in [0.1, 0.15) is 21.5 Å². The Hall–Kier alpha value is -4.15. The summed E-state index contributed by atoms with van der Waals surface area (Å²) < 4.78 is 14.1. The van der Waals surface area contributed by atoms with Crippen molar-refractivity contribution in [3.8, 4) is 6.07 Å². The van der Waals surface area contributed by atoms with Crippen LogP contribution in [0.2, 0.25) is 5.02 Å². The molecule has 0 bridgehead atoms. The van der Waals surface area contributed by atoms with Gasteiger partial charge in [-0.25, -0.2) is 4.39 Å². The van der Waals surface area contributed by atoms with Gasteiger partial charge in [0.15, 0.2) is 0 Å². The van der Waals surface area contributed by atoms with E-state index in [2.05, 4.69) is 10.2 Å². The molecule has 1 saturated heterocycles. The SMILES string of the molecule is N#Cc1ccc(C(=O)Nc2ccc(N3CCN(C(=O)/C=C/c4ccccc4)CC3)c(Cl)c2)c(F)c1. The first kappa shape index (κ1) is 24.0. The minimum absolute atomic E-state index is 0.0345. The maximum absolute atomic E-state index is 14.1. The van der Waals surface area contributed by atoms with Gasteiger partial charge >= 0.3 is 0 Å². The van der Waals surface area contributed by atoms with Gasteiger partial charge in [0, 0.05) is 37.9 Å². The third-order valence-corrected chi connectivity index (χ3v) is 6.00. The molecule has 0 spiro atoms. The number of benzene rings is 3. The van der Waals surface area contributed by atoms with Crippen LogP contribution in [0.15, 0.2) is 72.8 Å². The van der Waals surface area contributed by atoms with Crippen molar-refractivity contribution in [2.45, 2.75) is 0 Å². The summed E-state index contributed by atoms with van der Waals surface area (Å²) in [7, 11) is 0. The van der Waals surface area contributed by atoms with E-state index < -0.39 is 11.7 Å².